The van der Waals surface area contributed by atoms with Crippen LogP contribution in [0.1, 0.15) is 19.2 Å². The Morgan fingerprint density at radius 2 is 2.03 bits per heavy atom. The van der Waals surface area contributed by atoms with Crippen LogP contribution in [-0.4, -0.2) is 53.1 Å². The molecule has 0 fully saturated rings. The molecule has 9 nitrogen and oxygen atoms in total. The van der Waals surface area contributed by atoms with Gasteiger partial charge in [-0.2, -0.15) is 5.10 Å². The fourth-order valence-corrected chi connectivity index (χ4v) is 4.97. The molecule has 5 aromatic rings. The van der Waals surface area contributed by atoms with E-state index < -0.39 is 0 Å². The lowest BCUT2D eigenvalue weighted by Crippen LogP contribution is -2.32. The third kappa shape index (κ3) is 4.70. The topological polar surface area (TPSA) is 103 Å². The van der Waals surface area contributed by atoms with Crippen LogP contribution in [0.15, 0.2) is 69.8 Å². The van der Waals surface area contributed by atoms with E-state index >= 15 is 0 Å². The first-order chi connectivity index (χ1) is 16.7. The number of fused-ring (bicyclic) bond motifs is 1. The lowest BCUT2D eigenvalue weighted by molar-refractivity contribution is -0.129. The Kier molecular flexibility index (Phi) is 6.63. The van der Waals surface area contributed by atoms with Gasteiger partial charge in [-0.15, -0.1) is 21.5 Å². The Morgan fingerprint density at radius 1 is 1.15 bits per heavy atom. The van der Waals surface area contributed by atoms with Crippen LogP contribution in [0.4, 0.5) is 0 Å². The van der Waals surface area contributed by atoms with E-state index in [0.717, 1.165) is 27.4 Å². The molecule has 0 aliphatic rings. The summed E-state index contributed by atoms with van der Waals surface area (Å²) in [5.41, 5.74) is 1.62. The molecule has 0 aliphatic carbocycles. The van der Waals surface area contributed by atoms with Crippen LogP contribution in [0.3, 0.4) is 0 Å². The van der Waals surface area contributed by atoms with Gasteiger partial charge in [0.1, 0.15) is 11.4 Å². The van der Waals surface area contributed by atoms with Crippen molar-refractivity contribution in [2.75, 3.05) is 12.3 Å². The van der Waals surface area contributed by atoms with Crippen LogP contribution in [-0.2, 0) is 11.3 Å². The number of carbonyl (C=O) groups is 1. The fraction of sp³-hybridized carbons (Fsp3) is 0.217. The minimum absolute atomic E-state index is 0.0232. The van der Waals surface area contributed by atoms with Crippen molar-refractivity contribution in [2.24, 2.45) is 0 Å². The van der Waals surface area contributed by atoms with Gasteiger partial charge in [0.2, 0.25) is 11.8 Å². The van der Waals surface area contributed by atoms with E-state index in [-0.39, 0.29) is 18.2 Å². The molecule has 11 heteroatoms. The van der Waals surface area contributed by atoms with E-state index in [1.54, 1.807) is 15.8 Å². The summed E-state index contributed by atoms with van der Waals surface area (Å²) in [5.74, 6) is 1.10. The van der Waals surface area contributed by atoms with Crippen molar-refractivity contribution in [3.05, 3.63) is 66.3 Å². The van der Waals surface area contributed by atoms with Crippen molar-refractivity contribution < 1.29 is 9.21 Å². The summed E-state index contributed by atoms with van der Waals surface area (Å²) in [5, 5.41) is 16.2. The molecule has 4 aromatic heterocycles. The minimum Gasteiger partial charge on any atom is -0.418 e. The molecule has 1 amide bonds. The third-order valence-corrected chi connectivity index (χ3v) is 6.88. The lowest BCUT2D eigenvalue weighted by Gasteiger charge is -2.20. The number of para-hydroxylation sites is 1. The average Bonchev–Trinajstić information content (AvgIpc) is 3.63. The summed E-state index contributed by atoms with van der Waals surface area (Å²) in [6.07, 6.45) is 4.07. The molecule has 0 atom stereocenters. The largest absolute Gasteiger partial charge is 0.418 e. The highest BCUT2D eigenvalue weighted by Gasteiger charge is 2.19. The summed E-state index contributed by atoms with van der Waals surface area (Å²) in [6.45, 7) is 2.90. The van der Waals surface area contributed by atoms with Crippen molar-refractivity contribution in [1.82, 2.24) is 34.8 Å². The molecule has 172 valence electrons. The molecule has 34 heavy (non-hydrogen) atoms. The van der Waals surface area contributed by atoms with Crippen molar-refractivity contribution in [3.63, 3.8) is 0 Å². The first kappa shape index (κ1) is 22.2. The van der Waals surface area contributed by atoms with Gasteiger partial charge in [0.05, 0.1) is 34.4 Å². The molecule has 0 saturated carbocycles. The van der Waals surface area contributed by atoms with E-state index in [9.17, 15) is 4.79 Å². The Labute approximate surface area is 203 Å². The van der Waals surface area contributed by atoms with Crippen LogP contribution in [0.25, 0.3) is 27.5 Å². The molecule has 0 saturated heterocycles. The van der Waals surface area contributed by atoms with E-state index in [0.29, 0.717) is 24.0 Å². The Morgan fingerprint density at radius 3 is 2.82 bits per heavy atom. The number of thiophene rings is 1. The average molecular weight is 492 g/mol. The highest BCUT2D eigenvalue weighted by Crippen LogP contribution is 2.27. The second-order valence-electron chi connectivity index (χ2n) is 7.39. The third-order valence-electron chi connectivity index (χ3n) is 5.03. The lowest BCUT2D eigenvalue weighted by atomic mass is 10.3. The zero-order chi connectivity index (χ0) is 23.3. The van der Waals surface area contributed by atoms with Crippen molar-refractivity contribution in [1.29, 1.82) is 0 Å². The zero-order valence-electron chi connectivity index (χ0n) is 18.4. The normalized spacial score (nSPS) is 11.2. The Bertz CT molecular complexity index is 1380. The molecular formula is C23H21N7O2S2. The van der Waals surface area contributed by atoms with Gasteiger partial charge in [0.15, 0.2) is 5.65 Å². The maximum atomic E-state index is 13.1. The first-order valence-corrected chi connectivity index (χ1v) is 12.6. The molecule has 5 rings (SSSR count). The molecular weight excluding hydrogens is 470 g/mol. The van der Waals surface area contributed by atoms with Crippen LogP contribution in [0, 0.1) is 0 Å². The molecule has 4 heterocycles. The predicted octanol–water partition coefficient (Wildman–Crippen LogP) is 4.46. The van der Waals surface area contributed by atoms with Crippen molar-refractivity contribution >= 4 is 40.0 Å². The first-order valence-electron chi connectivity index (χ1n) is 10.7. The zero-order valence-corrected chi connectivity index (χ0v) is 20.0. The maximum Gasteiger partial charge on any atom is 0.257 e. The molecule has 0 unspecified atom stereocenters. The number of thioether (sulfide) groups is 1. The predicted molar refractivity (Wildman–Crippen MR) is 131 cm³/mol. The molecule has 1 aromatic carbocycles. The number of rotatable bonds is 9. The number of carbonyl (C=O) groups excluding carboxylic acids is 1. The number of hydrogen-bond acceptors (Lipinski definition) is 9. The molecule has 0 spiro atoms. The van der Waals surface area contributed by atoms with Gasteiger partial charge in [0, 0.05) is 6.54 Å². The summed E-state index contributed by atoms with van der Waals surface area (Å²) in [7, 11) is 0. The smallest absolute Gasteiger partial charge is 0.257 e. The van der Waals surface area contributed by atoms with Gasteiger partial charge >= 0.3 is 0 Å². The number of nitrogens with zero attached hydrogens (tertiary/aromatic N) is 7. The quantitative estimate of drug-likeness (QED) is 0.220. The Hall–Kier alpha value is -3.57. The van der Waals surface area contributed by atoms with E-state index in [1.807, 2.05) is 54.8 Å². The van der Waals surface area contributed by atoms with Gasteiger partial charge in [0.25, 0.3) is 5.89 Å². The van der Waals surface area contributed by atoms with Gasteiger partial charge in [-0.25, -0.2) is 14.6 Å². The van der Waals surface area contributed by atoms with Crippen LogP contribution >= 0.6 is 23.1 Å². The summed E-state index contributed by atoms with van der Waals surface area (Å²) < 4.78 is 7.55. The molecule has 0 radical (unpaired) electrons. The molecule has 0 bridgehead atoms. The van der Waals surface area contributed by atoms with Gasteiger partial charge in [-0.05, 0) is 30.0 Å². The second kappa shape index (κ2) is 10.1. The van der Waals surface area contributed by atoms with Gasteiger partial charge < -0.3 is 9.32 Å². The maximum absolute atomic E-state index is 13.1. The Balaban J connectivity index is 1.29. The van der Waals surface area contributed by atoms with E-state index in [2.05, 4.69) is 25.3 Å². The summed E-state index contributed by atoms with van der Waals surface area (Å²) >= 11 is 2.91. The number of amides is 1. The SMILES string of the molecule is CCCN(Cc1nnc(-c2cccs2)o1)C(=O)CSc1ncnc2c1cnn2-c1ccccc1. The van der Waals surface area contributed by atoms with Gasteiger partial charge in [-0.1, -0.05) is 43.0 Å². The highest BCUT2D eigenvalue weighted by molar-refractivity contribution is 8.00. The van der Waals surface area contributed by atoms with E-state index in [4.69, 9.17) is 4.42 Å². The van der Waals surface area contributed by atoms with Crippen LogP contribution in [0.2, 0.25) is 0 Å². The summed E-state index contributed by atoms with van der Waals surface area (Å²) in [4.78, 5) is 24.5. The second-order valence-corrected chi connectivity index (χ2v) is 9.30. The highest BCUT2D eigenvalue weighted by atomic mass is 32.2. The van der Waals surface area contributed by atoms with Crippen LogP contribution in [0.5, 0.6) is 0 Å². The van der Waals surface area contributed by atoms with Crippen LogP contribution < -0.4 is 0 Å². The number of aromatic nitrogens is 6. The van der Waals surface area contributed by atoms with Crippen molar-refractivity contribution in [2.45, 2.75) is 24.9 Å². The van der Waals surface area contributed by atoms with Crippen molar-refractivity contribution in [3.8, 4) is 16.5 Å². The molecule has 0 N–H and O–H groups in total. The standard InChI is InChI=1S/C23H21N7O2S2/c1-2-10-29(13-19-27-28-22(32-19)18-9-6-11-33-18)20(31)14-34-23-17-12-26-30(21(17)24-15-25-23)16-7-4-3-5-8-16/h3-9,11-12,15H,2,10,13-14H2,1H3. The number of benzene rings is 1. The summed E-state index contributed by atoms with van der Waals surface area (Å²) in [6, 6.07) is 13.7. The minimum atomic E-state index is -0.0232. The monoisotopic (exact) mass is 491 g/mol. The van der Waals surface area contributed by atoms with Gasteiger partial charge in [-0.3, -0.25) is 4.79 Å². The fourth-order valence-electron chi connectivity index (χ4n) is 3.46. The molecule has 0 aliphatic heterocycles. The van der Waals surface area contributed by atoms with E-state index in [1.165, 1.54) is 29.4 Å². The number of hydrogen-bond donors (Lipinski definition) is 0.